The lowest BCUT2D eigenvalue weighted by Gasteiger charge is -2.32. The Kier molecular flexibility index (Phi) is 16.9. The van der Waals surface area contributed by atoms with Gasteiger partial charge in [0.15, 0.2) is 0 Å². The number of nitrogens with two attached hydrogens (primary N) is 1. The molecule has 9 nitrogen and oxygen atoms in total. The third kappa shape index (κ3) is 10.9. The molecule has 2 fully saturated rings. The second-order valence-electron chi connectivity index (χ2n) is 11.2. The molecule has 0 aliphatic carbocycles. The van der Waals surface area contributed by atoms with Crippen molar-refractivity contribution < 1.29 is 22.8 Å². The van der Waals surface area contributed by atoms with Crippen LogP contribution in [0.4, 0.5) is 18.9 Å². The number of hydrogen-bond acceptors (Lipinski definition) is 6. The minimum Gasteiger partial charge on any atom is -0.381 e. The molecule has 2 aliphatic rings. The number of piperidine rings is 1. The van der Waals surface area contributed by atoms with Gasteiger partial charge < -0.3 is 30.7 Å². The second-order valence-corrected chi connectivity index (χ2v) is 11.2. The average Bonchev–Trinajstić information content (AvgIpc) is 3.43. The molecule has 4 N–H and O–H groups in total. The van der Waals surface area contributed by atoms with Gasteiger partial charge in [-0.25, -0.2) is 13.2 Å². The number of hydrogen-bond donors (Lipinski definition) is 3. The number of alkyl halides is 2. The summed E-state index contributed by atoms with van der Waals surface area (Å²) < 4.78 is 42.3. The predicted molar refractivity (Wildman–Crippen MR) is 175 cm³/mol. The molecule has 4 rings (SSSR count). The normalized spacial score (nSPS) is 18.1. The number of anilines is 1. The maximum absolute atomic E-state index is 14.5. The third-order valence-corrected chi connectivity index (χ3v) is 7.64. The van der Waals surface area contributed by atoms with Crippen molar-refractivity contribution in [2.24, 2.45) is 5.73 Å². The van der Waals surface area contributed by atoms with E-state index < -0.39 is 29.3 Å². The third-order valence-electron chi connectivity index (χ3n) is 7.64. The van der Waals surface area contributed by atoms with Crippen LogP contribution in [0.2, 0.25) is 0 Å². The SMILES string of the molecule is CC.CC(=O)N1CCC(C)(n2cc(C(=O)NCc3cccc(C(F)F)c3F)c(NC3CCN(C)CC3)cc2=O)C1.CCC.CN. The quantitative estimate of drug-likeness (QED) is 0.377. The van der Waals surface area contributed by atoms with Gasteiger partial charge in [0.1, 0.15) is 5.82 Å². The van der Waals surface area contributed by atoms with Crippen molar-refractivity contribution in [2.45, 2.75) is 91.8 Å². The maximum Gasteiger partial charge on any atom is 0.266 e. The molecule has 45 heavy (non-hydrogen) atoms. The Hall–Kier alpha value is -3.38. The summed E-state index contributed by atoms with van der Waals surface area (Å²) in [6.07, 6.45) is 1.97. The number of carbonyl (C=O) groups excluding carboxylic acids is 2. The minimum atomic E-state index is -2.97. The van der Waals surface area contributed by atoms with Gasteiger partial charge in [-0.15, -0.1) is 0 Å². The van der Waals surface area contributed by atoms with Gasteiger partial charge >= 0.3 is 0 Å². The summed E-state index contributed by atoms with van der Waals surface area (Å²) in [5.41, 5.74) is 3.26. The summed E-state index contributed by atoms with van der Waals surface area (Å²) in [6.45, 7) is 13.9. The predicted octanol–water partition coefficient (Wildman–Crippen LogP) is 5.35. The van der Waals surface area contributed by atoms with Crippen LogP contribution in [-0.2, 0) is 16.9 Å². The van der Waals surface area contributed by atoms with Gasteiger partial charge in [0.25, 0.3) is 17.9 Å². The summed E-state index contributed by atoms with van der Waals surface area (Å²) in [4.78, 5) is 42.5. The summed E-state index contributed by atoms with van der Waals surface area (Å²) in [7, 11) is 3.53. The van der Waals surface area contributed by atoms with Crippen LogP contribution >= 0.6 is 0 Å². The molecule has 1 aromatic heterocycles. The molecule has 0 spiro atoms. The highest BCUT2D eigenvalue weighted by molar-refractivity contribution is 5.99. The maximum atomic E-state index is 14.5. The number of rotatable bonds is 7. The van der Waals surface area contributed by atoms with Crippen molar-refractivity contribution in [3.05, 3.63) is 63.3 Å². The summed E-state index contributed by atoms with van der Waals surface area (Å²) in [5, 5.41) is 5.98. The largest absolute Gasteiger partial charge is 0.381 e. The van der Waals surface area contributed by atoms with E-state index >= 15 is 0 Å². The molecule has 2 amide bonds. The van der Waals surface area contributed by atoms with E-state index in [9.17, 15) is 27.6 Å². The van der Waals surface area contributed by atoms with Crippen molar-refractivity contribution in [3.8, 4) is 0 Å². The van der Waals surface area contributed by atoms with Crippen molar-refractivity contribution in [3.63, 3.8) is 0 Å². The summed E-state index contributed by atoms with van der Waals surface area (Å²) >= 11 is 0. The number of halogens is 3. The van der Waals surface area contributed by atoms with E-state index in [2.05, 4.69) is 35.1 Å². The number of nitrogens with zero attached hydrogens (tertiary/aromatic N) is 3. The lowest BCUT2D eigenvalue weighted by Crippen LogP contribution is -2.43. The number of pyridine rings is 1. The van der Waals surface area contributed by atoms with Crippen LogP contribution in [-0.4, -0.2) is 72.5 Å². The molecule has 0 radical (unpaired) electrons. The summed E-state index contributed by atoms with van der Waals surface area (Å²) in [5.74, 6) is -1.71. The van der Waals surface area contributed by atoms with Gasteiger partial charge in [-0.1, -0.05) is 52.3 Å². The van der Waals surface area contributed by atoms with Crippen LogP contribution in [0.1, 0.15) is 95.1 Å². The molecule has 1 aromatic carbocycles. The van der Waals surface area contributed by atoms with Gasteiger partial charge in [-0.05, 0) is 53.4 Å². The molecular weight excluding hydrogens is 585 g/mol. The zero-order valence-corrected chi connectivity index (χ0v) is 28.2. The van der Waals surface area contributed by atoms with Crippen molar-refractivity contribution in [1.82, 2.24) is 19.7 Å². The molecule has 1 atom stereocenters. The highest BCUT2D eigenvalue weighted by Crippen LogP contribution is 2.30. The Morgan fingerprint density at radius 1 is 1.11 bits per heavy atom. The first kappa shape index (κ1) is 39.6. The highest BCUT2D eigenvalue weighted by atomic mass is 19.3. The van der Waals surface area contributed by atoms with Crippen LogP contribution in [0.5, 0.6) is 0 Å². The van der Waals surface area contributed by atoms with E-state index in [1.54, 1.807) is 4.90 Å². The Labute approximate surface area is 266 Å². The van der Waals surface area contributed by atoms with Crippen LogP contribution < -0.4 is 21.9 Å². The number of carbonyl (C=O) groups is 2. The van der Waals surface area contributed by atoms with E-state index in [1.807, 2.05) is 27.8 Å². The Bertz CT molecular complexity index is 1280. The van der Waals surface area contributed by atoms with Crippen molar-refractivity contribution in [1.29, 1.82) is 0 Å². The van der Waals surface area contributed by atoms with E-state index in [-0.39, 0.29) is 35.2 Å². The van der Waals surface area contributed by atoms with Crippen LogP contribution in [0.3, 0.4) is 0 Å². The Morgan fingerprint density at radius 3 is 2.24 bits per heavy atom. The van der Waals surface area contributed by atoms with E-state index in [4.69, 9.17) is 0 Å². The molecule has 3 heterocycles. The molecule has 2 saturated heterocycles. The van der Waals surface area contributed by atoms with Crippen LogP contribution in [0, 0.1) is 5.82 Å². The zero-order chi connectivity index (χ0) is 34.3. The first-order valence-corrected chi connectivity index (χ1v) is 15.8. The highest BCUT2D eigenvalue weighted by Gasteiger charge is 2.38. The lowest BCUT2D eigenvalue weighted by molar-refractivity contribution is -0.128. The first-order valence-electron chi connectivity index (χ1n) is 15.8. The number of likely N-dealkylation sites (tertiary alicyclic amines) is 2. The molecule has 12 heteroatoms. The fourth-order valence-electron chi connectivity index (χ4n) is 5.21. The van der Waals surface area contributed by atoms with E-state index in [0.717, 1.165) is 32.0 Å². The van der Waals surface area contributed by atoms with Gasteiger partial charge in [0, 0.05) is 50.4 Å². The standard InChI is InChI=1S/C27H34F3N5O3.C3H8.C2H6.CH5N/c1-17(36)34-12-9-27(2,16-34)35-15-21(22(13-23(35)37)32-19-7-10-33(3)11-8-19)26(38)31-14-18-5-4-6-20(24(18)28)25(29)30;1-3-2;2*1-2/h4-6,13,15,19,25,32H,7-12,14,16H2,1-3H3,(H,31,38);3H2,1-2H3;1-2H3;2H2,1H3. The number of nitrogens with one attached hydrogen (secondary N) is 2. The van der Waals surface area contributed by atoms with Gasteiger partial charge in [-0.3, -0.25) is 14.4 Å². The summed E-state index contributed by atoms with van der Waals surface area (Å²) in [6, 6.07) is 5.13. The number of amides is 2. The molecule has 2 aliphatic heterocycles. The lowest BCUT2D eigenvalue weighted by atomic mass is 9.99. The molecule has 0 bridgehead atoms. The minimum absolute atomic E-state index is 0.0587. The van der Waals surface area contributed by atoms with Gasteiger partial charge in [-0.2, -0.15) is 0 Å². The Balaban J connectivity index is 0.00000134. The average molecular weight is 639 g/mol. The van der Waals surface area contributed by atoms with Crippen LogP contribution in [0.15, 0.2) is 35.3 Å². The number of aromatic nitrogens is 1. The molecule has 1 unspecified atom stereocenters. The fraction of sp³-hybridized carbons (Fsp3) is 0.606. The molecule has 2 aromatic rings. The monoisotopic (exact) mass is 638 g/mol. The van der Waals surface area contributed by atoms with Crippen LogP contribution in [0.25, 0.3) is 0 Å². The van der Waals surface area contributed by atoms with Gasteiger partial charge in [0.05, 0.1) is 22.4 Å². The molecule has 0 saturated carbocycles. The fourth-order valence-corrected chi connectivity index (χ4v) is 5.21. The van der Waals surface area contributed by atoms with E-state index in [0.29, 0.717) is 25.2 Å². The Morgan fingerprint density at radius 2 is 1.71 bits per heavy atom. The zero-order valence-electron chi connectivity index (χ0n) is 28.2. The second kappa shape index (κ2) is 19.2. The molecular formula is C33H53F3N6O3. The smallest absolute Gasteiger partial charge is 0.266 e. The molecule has 254 valence electrons. The van der Waals surface area contributed by atoms with Crippen molar-refractivity contribution >= 4 is 17.5 Å². The number of benzene rings is 1. The van der Waals surface area contributed by atoms with Gasteiger partial charge in [0.2, 0.25) is 5.91 Å². The van der Waals surface area contributed by atoms with Crippen molar-refractivity contribution in [2.75, 3.05) is 45.6 Å². The first-order chi connectivity index (χ1) is 21.4. The van der Waals surface area contributed by atoms with E-state index in [1.165, 1.54) is 49.4 Å². The topological polar surface area (TPSA) is 113 Å².